The highest BCUT2D eigenvalue weighted by Gasteiger charge is 2.29. The zero-order valence-corrected chi connectivity index (χ0v) is 9.10. The van der Waals surface area contributed by atoms with E-state index in [1.54, 1.807) is 11.3 Å². The Morgan fingerprint density at radius 1 is 1.62 bits per heavy atom. The predicted molar refractivity (Wildman–Crippen MR) is 55.0 cm³/mol. The molecule has 0 spiro atoms. The highest BCUT2D eigenvalue weighted by molar-refractivity contribution is 7.07. The van der Waals surface area contributed by atoms with Gasteiger partial charge in [0.1, 0.15) is 6.10 Å². The first-order chi connectivity index (χ1) is 6.08. The maximum absolute atomic E-state index is 9.95. The number of ether oxygens (including phenoxy) is 1. The number of aliphatic hydroxyl groups is 1. The van der Waals surface area contributed by atoms with Gasteiger partial charge in [0.2, 0.25) is 0 Å². The van der Waals surface area contributed by atoms with Gasteiger partial charge in [-0.3, -0.25) is 0 Å². The van der Waals surface area contributed by atoms with Crippen LogP contribution in [0.4, 0.5) is 0 Å². The summed E-state index contributed by atoms with van der Waals surface area (Å²) in [7, 11) is 0. The first-order valence-corrected chi connectivity index (χ1v) is 5.36. The molecular weight excluding hydrogens is 184 g/mol. The van der Waals surface area contributed by atoms with Crippen LogP contribution in [0.1, 0.15) is 32.4 Å². The quantitative estimate of drug-likeness (QED) is 0.809. The molecule has 0 amide bonds. The molecule has 0 saturated heterocycles. The van der Waals surface area contributed by atoms with Crippen LogP contribution in [-0.4, -0.2) is 17.3 Å². The molecular formula is C10H16O2S. The molecule has 0 saturated carbocycles. The number of thiophene rings is 1. The van der Waals surface area contributed by atoms with Crippen molar-refractivity contribution in [3.05, 3.63) is 22.4 Å². The van der Waals surface area contributed by atoms with Gasteiger partial charge < -0.3 is 9.84 Å². The summed E-state index contributed by atoms with van der Waals surface area (Å²) < 4.78 is 5.47. The molecule has 1 heterocycles. The van der Waals surface area contributed by atoms with E-state index in [9.17, 15) is 5.11 Å². The standard InChI is InChI=1S/C10H16O2S/c1-4-12-10(2,3)9(11)8-5-6-13-7-8/h5-7,9,11H,4H2,1-3H3. The van der Waals surface area contributed by atoms with Crippen LogP contribution in [0.15, 0.2) is 16.8 Å². The van der Waals surface area contributed by atoms with Crippen LogP contribution in [-0.2, 0) is 4.74 Å². The van der Waals surface area contributed by atoms with Crippen LogP contribution >= 0.6 is 11.3 Å². The van der Waals surface area contributed by atoms with Crippen molar-refractivity contribution < 1.29 is 9.84 Å². The van der Waals surface area contributed by atoms with Crippen LogP contribution in [0.5, 0.6) is 0 Å². The monoisotopic (exact) mass is 200 g/mol. The third kappa shape index (κ3) is 2.53. The van der Waals surface area contributed by atoms with Crippen LogP contribution in [0.2, 0.25) is 0 Å². The van der Waals surface area contributed by atoms with Crippen molar-refractivity contribution in [1.29, 1.82) is 0 Å². The minimum absolute atomic E-state index is 0.504. The van der Waals surface area contributed by atoms with Crippen molar-refractivity contribution in [3.8, 4) is 0 Å². The van der Waals surface area contributed by atoms with Crippen molar-refractivity contribution in [2.75, 3.05) is 6.61 Å². The lowest BCUT2D eigenvalue weighted by molar-refractivity contribution is -0.0981. The van der Waals surface area contributed by atoms with E-state index in [0.29, 0.717) is 6.61 Å². The number of hydrogen-bond acceptors (Lipinski definition) is 3. The fourth-order valence-corrected chi connectivity index (χ4v) is 1.96. The summed E-state index contributed by atoms with van der Waals surface area (Å²) in [6.45, 7) is 6.36. The second kappa shape index (κ2) is 4.22. The zero-order valence-electron chi connectivity index (χ0n) is 8.28. The number of rotatable bonds is 4. The first-order valence-electron chi connectivity index (χ1n) is 4.42. The van der Waals surface area contributed by atoms with Crippen molar-refractivity contribution in [2.45, 2.75) is 32.5 Å². The third-order valence-corrected chi connectivity index (χ3v) is 2.74. The Bertz CT molecular complexity index is 241. The Morgan fingerprint density at radius 2 is 2.31 bits per heavy atom. The van der Waals surface area contributed by atoms with Gasteiger partial charge in [-0.25, -0.2) is 0 Å². The van der Waals surface area contributed by atoms with E-state index in [2.05, 4.69) is 0 Å². The lowest BCUT2D eigenvalue weighted by Crippen LogP contribution is -2.32. The predicted octanol–water partition coefficient (Wildman–Crippen LogP) is 2.60. The van der Waals surface area contributed by atoms with Crippen molar-refractivity contribution in [1.82, 2.24) is 0 Å². The summed E-state index contributed by atoms with van der Waals surface area (Å²) in [4.78, 5) is 0. The van der Waals surface area contributed by atoms with Gasteiger partial charge in [0.15, 0.2) is 0 Å². The van der Waals surface area contributed by atoms with E-state index >= 15 is 0 Å². The van der Waals surface area contributed by atoms with Crippen LogP contribution in [0, 0.1) is 0 Å². The summed E-state index contributed by atoms with van der Waals surface area (Å²) in [6, 6.07) is 1.93. The molecule has 1 aromatic rings. The Kier molecular flexibility index (Phi) is 3.47. The van der Waals surface area contributed by atoms with Gasteiger partial charge in [-0.1, -0.05) is 0 Å². The molecule has 13 heavy (non-hydrogen) atoms. The molecule has 2 nitrogen and oxygen atoms in total. The highest BCUT2D eigenvalue weighted by atomic mass is 32.1. The largest absolute Gasteiger partial charge is 0.385 e. The zero-order chi connectivity index (χ0) is 9.90. The second-order valence-corrected chi connectivity index (χ2v) is 4.28. The minimum Gasteiger partial charge on any atom is -0.385 e. The molecule has 0 aromatic carbocycles. The molecule has 1 aromatic heterocycles. The van der Waals surface area contributed by atoms with Gasteiger partial charge in [-0.2, -0.15) is 11.3 Å². The maximum Gasteiger partial charge on any atom is 0.108 e. The lowest BCUT2D eigenvalue weighted by atomic mass is 9.97. The molecule has 1 unspecified atom stereocenters. The average molecular weight is 200 g/mol. The molecule has 0 aliphatic heterocycles. The molecule has 1 rings (SSSR count). The van der Waals surface area contributed by atoms with E-state index in [1.165, 1.54) is 0 Å². The topological polar surface area (TPSA) is 29.5 Å². The summed E-state index contributed by atoms with van der Waals surface area (Å²) in [5, 5.41) is 13.9. The van der Waals surface area contributed by atoms with Gasteiger partial charge in [0, 0.05) is 6.61 Å². The summed E-state index contributed by atoms with van der Waals surface area (Å²) in [5.74, 6) is 0. The fourth-order valence-electron chi connectivity index (χ4n) is 1.28. The SMILES string of the molecule is CCOC(C)(C)C(O)c1ccsc1. The van der Waals surface area contributed by atoms with Gasteiger partial charge in [-0.15, -0.1) is 0 Å². The molecule has 0 aliphatic rings. The van der Waals surface area contributed by atoms with Crippen LogP contribution in [0.3, 0.4) is 0 Å². The normalized spacial score (nSPS) is 14.5. The molecule has 3 heteroatoms. The highest BCUT2D eigenvalue weighted by Crippen LogP contribution is 2.29. The van der Waals surface area contributed by atoms with Gasteiger partial charge in [0.25, 0.3) is 0 Å². The Hall–Kier alpha value is -0.380. The van der Waals surface area contributed by atoms with E-state index in [4.69, 9.17) is 4.74 Å². The summed E-state index contributed by atoms with van der Waals surface area (Å²) in [5.41, 5.74) is 0.430. The van der Waals surface area contributed by atoms with Crippen LogP contribution in [0.25, 0.3) is 0 Å². The summed E-state index contributed by atoms with van der Waals surface area (Å²) >= 11 is 1.59. The van der Waals surface area contributed by atoms with E-state index in [-0.39, 0.29) is 0 Å². The number of hydrogen-bond donors (Lipinski definition) is 1. The lowest BCUT2D eigenvalue weighted by Gasteiger charge is -2.29. The van der Waals surface area contributed by atoms with Crippen molar-refractivity contribution in [2.24, 2.45) is 0 Å². The third-order valence-electron chi connectivity index (χ3n) is 2.03. The Balaban J connectivity index is 2.71. The van der Waals surface area contributed by atoms with Crippen LogP contribution < -0.4 is 0 Å². The second-order valence-electron chi connectivity index (χ2n) is 3.50. The van der Waals surface area contributed by atoms with E-state index < -0.39 is 11.7 Å². The van der Waals surface area contributed by atoms with Crippen molar-refractivity contribution in [3.63, 3.8) is 0 Å². The smallest absolute Gasteiger partial charge is 0.108 e. The fraction of sp³-hybridized carbons (Fsp3) is 0.600. The molecule has 0 fully saturated rings. The average Bonchev–Trinajstić information content (AvgIpc) is 2.54. The number of aliphatic hydroxyl groups excluding tert-OH is 1. The van der Waals surface area contributed by atoms with Gasteiger partial charge in [-0.05, 0) is 43.2 Å². The van der Waals surface area contributed by atoms with Gasteiger partial charge in [0.05, 0.1) is 5.60 Å². The Morgan fingerprint density at radius 3 is 2.77 bits per heavy atom. The summed E-state index contributed by atoms with van der Waals surface area (Å²) in [6.07, 6.45) is -0.543. The molecule has 1 atom stereocenters. The first kappa shape index (κ1) is 10.7. The molecule has 1 N–H and O–H groups in total. The van der Waals surface area contributed by atoms with Gasteiger partial charge >= 0.3 is 0 Å². The van der Waals surface area contributed by atoms with E-state index in [0.717, 1.165) is 5.56 Å². The molecule has 0 bridgehead atoms. The maximum atomic E-state index is 9.95. The molecule has 74 valence electrons. The minimum atomic E-state index is -0.543. The van der Waals surface area contributed by atoms with E-state index in [1.807, 2.05) is 37.6 Å². The van der Waals surface area contributed by atoms with Crippen molar-refractivity contribution >= 4 is 11.3 Å². The molecule has 0 aliphatic carbocycles. The Labute approximate surface area is 83.2 Å². The molecule has 0 radical (unpaired) electrons.